The van der Waals surface area contributed by atoms with Gasteiger partial charge >= 0.3 is 29.8 Å². The first kappa shape index (κ1) is 92.7. The highest BCUT2D eigenvalue weighted by Gasteiger charge is 2.11. The number of alkyl halides is 1. The number of aliphatic hydroxyl groups is 3. The lowest BCUT2D eigenvalue weighted by Gasteiger charge is -2.07. The molecule has 1 unspecified atom stereocenters. The molecule has 0 aliphatic rings. The smallest absolute Gasteiger partial charge is 0.313 e. The van der Waals surface area contributed by atoms with E-state index < -0.39 is 36.0 Å². The zero-order valence-corrected chi connectivity index (χ0v) is 58.4. The van der Waals surface area contributed by atoms with Crippen LogP contribution in [0.4, 0.5) is 0 Å². The van der Waals surface area contributed by atoms with Crippen LogP contribution in [-0.4, -0.2) is 150 Å². The summed E-state index contributed by atoms with van der Waals surface area (Å²) in [6.07, 6.45) is 1.25. The Morgan fingerprint density at radius 2 is 0.704 bits per heavy atom. The molecule has 0 spiro atoms. The first-order valence-corrected chi connectivity index (χ1v) is 31.7. The molecule has 0 fully saturated rings. The first-order valence-electron chi connectivity index (χ1n) is 30.6. The van der Waals surface area contributed by atoms with Crippen molar-refractivity contribution in [2.45, 2.75) is 152 Å². The summed E-state index contributed by atoms with van der Waals surface area (Å²) in [5.41, 5.74) is 11.1. The Kier molecular flexibility index (Phi) is 51.7. The van der Waals surface area contributed by atoms with Crippen LogP contribution in [0.15, 0.2) is 121 Å². The van der Waals surface area contributed by atoms with E-state index in [-0.39, 0.29) is 124 Å². The fourth-order valence-corrected chi connectivity index (χ4v) is 7.58. The number of ether oxygens (including phenoxy) is 4. The van der Waals surface area contributed by atoms with Gasteiger partial charge in [-0.25, -0.2) is 0 Å². The summed E-state index contributed by atoms with van der Waals surface area (Å²) in [4.78, 5) is 94.6. The van der Waals surface area contributed by atoms with Crippen molar-refractivity contribution in [2.75, 3.05) is 39.6 Å². The van der Waals surface area contributed by atoms with Gasteiger partial charge in [-0.05, 0) is 174 Å². The highest BCUT2D eigenvalue weighted by atomic mass is 79.9. The van der Waals surface area contributed by atoms with Crippen LogP contribution in [0.1, 0.15) is 137 Å². The quantitative estimate of drug-likeness (QED) is 0.00837. The number of hydrogen-bond donors (Lipinski definition) is 10. The molecular formula is C74H99BrO23. The standard InChI is InChI=1S/C14H18O3.C12H16O5.C12H14O5.C10H14O.C8H10O3.C7H7Br.C6H10O3.C4H6O3.CH4/c1-10-4-5-13(8-11(10)2)6-7-17-14(16)9-12(3)15;2*1-8(13)6-12(16)17-5-4-9-2-3-10(14)11(15)7-9;1-8-3-4-10(5-6-11)7-9(8)2;9-4-3-6-1-2-7(10)8(11)5-6;8-6-7-4-2-1-3-5-7;1-3-9-6(8)4-5(2)7;1-3(5)2-4(6)7;/h4-5,8H,6-7,9H2,1-3H3;2-3,7-8,13-15H,4-6H2,1H3;2-3,7,14-15H,4-6H2,1H3;3-4,7,11H,5-6H2,1-2H3;1-2,5,9-11H,3-4H2;1-5H,6H2;3-4H2,1-2H3;2H2,1H3,(H,6,7);1H4. The number of ketones is 4. The number of carboxylic acid groups (broad SMARTS) is 1. The topological polar surface area (TPSA) is 393 Å². The fourth-order valence-electron chi connectivity index (χ4n) is 7.20. The molecule has 6 rings (SSSR count). The molecule has 6 aromatic carbocycles. The van der Waals surface area contributed by atoms with E-state index in [4.69, 9.17) is 55.1 Å². The molecule has 10 N–H and O–H groups in total. The first-order chi connectivity index (χ1) is 45.7. The number of rotatable bonds is 25. The Hall–Kier alpha value is -9.49. The van der Waals surface area contributed by atoms with E-state index in [1.54, 1.807) is 25.1 Å². The minimum Gasteiger partial charge on any atom is -0.504 e. The lowest BCUT2D eigenvalue weighted by atomic mass is 10.0. The molecule has 0 aromatic heterocycles. The highest BCUT2D eigenvalue weighted by molar-refractivity contribution is 9.08. The number of aliphatic carboxylic acids is 1. The van der Waals surface area contributed by atoms with E-state index in [1.165, 1.54) is 104 Å². The Bertz CT molecular complexity index is 3210. The number of phenolic OH excluding ortho intramolecular Hbond substituents is 6. The predicted molar refractivity (Wildman–Crippen MR) is 374 cm³/mol. The zero-order chi connectivity index (χ0) is 74.0. The summed E-state index contributed by atoms with van der Waals surface area (Å²) in [5, 5.41) is 89.5. The van der Waals surface area contributed by atoms with Gasteiger partial charge in [-0.1, -0.05) is 108 Å². The summed E-state index contributed by atoms with van der Waals surface area (Å²) in [5.74, 6) is -4.89. The number of Topliss-reactive ketones (excluding diaryl/α,β-unsaturated/α-hetero) is 4. The summed E-state index contributed by atoms with van der Waals surface area (Å²) in [7, 11) is 0. The molecule has 23 nitrogen and oxygen atoms in total. The van der Waals surface area contributed by atoms with Crippen LogP contribution >= 0.6 is 15.9 Å². The van der Waals surface area contributed by atoms with Gasteiger partial charge in [0.05, 0.1) is 39.0 Å². The molecule has 0 aliphatic carbocycles. The van der Waals surface area contributed by atoms with Crippen molar-refractivity contribution in [1.29, 1.82) is 0 Å². The Morgan fingerprint density at radius 3 is 0.969 bits per heavy atom. The van der Waals surface area contributed by atoms with Gasteiger partial charge in [0.15, 0.2) is 34.5 Å². The third kappa shape index (κ3) is 50.0. The molecule has 24 heteroatoms. The van der Waals surface area contributed by atoms with Gasteiger partial charge in [0.25, 0.3) is 0 Å². The molecule has 0 bridgehead atoms. The number of carbonyl (C=O) groups excluding carboxylic acids is 8. The number of carboxylic acids is 1. The van der Waals surface area contributed by atoms with Gasteiger partial charge in [0.1, 0.15) is 48.8 Å². The molecule has 6 aromatic rings. The molecule has 0 aliphatic heterocycles. The summed E-state index contributed by atoms with van der Waals surface area (Å²) in [6.45, 7) is 18.1. The highest BCUT2D eigenvalue weighted by Crippen LogP contribution is 2.27. The fraction of sp³-hybridized carbons (Fsp3) is 0.392. The summed E-state index contributed by atoms with van der Waals surface area (Å²) in [6, 6.07) is 36.1. The van der Waals surface area contributed by atoms with Crippen molar-refractivity contribution in [3.05, 3.63) is 177 Å². The molecule has 0 heterocycles. The molecule has 0 saturated carbocycles. The number of esters is 4. The number of carbonyl (C=O) groups is 9. The van der Waals surface area contributed by atoms with Crippen molar-refractivity contribution in [2.24, 2.45) is 0 Å². The molecule has 0 radical (unpaired) electrons. The summed E-state index contributed by atoms with van der Waals surface area (Å²) < 4.78 is 19.2. The van der Waals surface area contributed by atoms with Gasteiger partial charge in [-0.3, -0.25) is 43.2 Å². The van der Waals surface area contributed by atoms with E-state index in [2.05, 4.69) is 90.8 Å². The van der Waals surface area contributed by atoms with Gasteiger partial charge in [-0.15, -0.1) is 0 Å². The number of aromatic hydroxyl groups is 6. The zero-order valence-electron chi connectivity index (χ0n) is 56.8. The van der Waals surface area contributed by atoms with Crippen molar-refractivity contribution < 1.29 is 113 Å². The van der Waals surface area contributed by atoms with E-state index >= 15 is 0 Å². The number of hydrogen-bond acceptors (Lipinski definition) is 22. The van der Waals surface area contributed by atoms with Crippen LogP contribution < -0.4 is 0 Å². The number of aliphatic hydroxyl groups excluding tert-OH is 3. The van der Waals surface area contributed by atoms with Crippen LogP contribution in [0.3, 0.4) is 0 Å². The third-order valence-electron chi connectivity index (χ3n) is 12.4. The number of aryl methyl sites for hydroxylation is 4. The Labute approximate surface area is 582 Å². The van der Waals surface area contributed by atoms with Crippen LogP contribution in [0.25, 0.3) is 0 Å². The lowest BCUT2D eigenvalue weighted by molar-refractivity contribution is -0.147. The van der Waals surface area contributed by atoms with E-state index in [1.807, 2.05) is 24.3 Å². The maximum absolute atomic E-state index is 11.1. The van der Waals surface area contributed by atoms with Crippen LogP contribution in [0.2, 0.25) is 0 Å². The maximum Gasteiger partial charge on any atom is 0.313 e. The Balaban J connectivity index is -0.00000107. The molecular weight excluding hydrogens is 1340 g/mol. The van der Waals surface area contributed by atoms with Gasteiger partial charge in [0, 0.05) is 37.8 Å². The molecule has 0 amide bonds. The Morgan fingerprint density at radius 1 is 0.398 bits per heavy atom. The van der Waals surface area contributed by atoms with Crippen LogP contribution in [0.5, 0.6) is 34.5 Å². The average molecular weight is 1440 g/mol. The second-order valence-electron chi connectivity index (χ2n) is 21.6. The van der Waals surface area contributed by atoms with Gasteiger partial charge in [-0.2, -0.15) is 0 Å². The second-order valence-corrected chi connectivity index (χ2v) is 22.1. The minimum atomic E-state index is -1.06. The third-order valence-corrected chi connectivity index (χ3v) is 13.0. The second kappa shape index (κ2) is 54.6. The molecule has 540 valence electrons. The number of halogens is 1. The van der Waals surface area contributed by atoms with Crippen LogP contribution in [-0.2, 0) is 99.5 Å². The number of benzene rings is 6. The van der Waals surface area contributed by atoms with E-state index in [0.717, 1.165) is 34.0 Å². The van der Waals surface area contributed by atoms with Crippen molar-refractivity contribution in [3.8, 4) is 34.5 Å². The number of phenols is 6. The van der Waals surface area contributed by atoms with E-state index in [0.29, 0.717) is 38.9 Å². The minimum absolute atomic E-state index is 0. The van der Waals surface area contributed by atoms with Crippen molar-refractivity contribution in [1.82, 2.24) is 0 Å². The predicted octanol–water partition coefficient (Wildman–Crippen LogP) is 10.8. The van der Waals surface area contributed by atoms with Crippen LogP contribution in [0, 0.1) is 27.7 Å². The molecule has 98 heavy (non-hydrogen) atoms. The molecule has 0 saturated heterocycles. The lowest BCUT2D eigenvalue weighted by Crippen LogP contribution is -2.14. The van der Waals surface area contributed by atoms with Crippen molar-refractivity contribution >= 4 is 68.9 Å². The van der Waals surface area contributed by atoms with E-state index in [9.17, 15) is 53.4 Å². The normalized spacial score (nSPS) is 9.94. The average Bonchev–Trinajstić information content (AvgIpc) is 0.956. The monoisotopic (exact) mass is 1430 g/mol. The van der Waals surface area contributed by atoms with Gasteiger partial charge in [0.2, 0.25) is 0 Å². The van der Waals surface area contributed by atoms with Crippen molar-refractivity contribution in [3.63, 3.8) is 0 Å². The largest absolute Gasteiger partial charge is 0.504 e. The SMILES string of the molecule is BrCc1ccccc1.C.CC(=O)CC(=O)O.CC(=O)CC(=O)OCCc1ccc(C)c(C)c1.CC(=O)CC(=O)OCCc1ccc(O)c(O)c1.CC(O)CC(=O)OCCc1ccc(O)c(O)c1.CCOC(=O)CC(C)=O.Cc1ccc(CCO)cc1C.OCCc1ccc(O)c(O)c1. The summed E-state index contributed by atoms with van der Waals surface area (Å²) >= 11 is 3.36. The molecule has 1 atom stereocenters. The maximum atomic E-state index is 11.1. The van der Waals surface area contributed by atoms with Gasteiger partial charge < -0.3 is 70.0 Å².